The molecule has 1 aliphatic heterocycles. The number of benzene rings is 4. The number of Topliss-reactive ketones (excluding diaryl/α,β-unsaturated/α-hetero) is 5. The van der Waals surface area contributed by atoms with Crippen LogP contribution in [0.4, 0.5) is 4.39 Å². The molecule has 1 saturated heterocycles. The summed E-state index contributed by atoms with van der Waals surface area (Å²) in [5, 5.41) is 73.2. The molecule has 30 heteroatoms. The molecule has 112 heavy (non-hydrogen) atoms. The summed E-state index contributed by atoms with van der Waals surface area (Å²) in [6.45, 7) is 6.86. The van der Waals surface area contributed by atoms with Crippen molar-refractivity contribution in [2.75, 3.05) is 26.8 Å². The normalized spacial score (nSPS) is 16.6. The molecule has 29 nitrogen and oxygen atoms in total. The fraction of sp³-hybridized carbons (Fsp3) is 0.451. The fourth-order valence-corrected chi connectivity index (χ4v) is 13.9. The molecule has 13 N–H and O–H groups in total. The van der Waals surface area contributed by atoms with Crippen molar-refractivity contribution in [1.29, 1.82) is 0 Å². The molecule has 0 bridgehead atoms. The average molecular weight is 1550 g/mol. The average Bonchev–Trinajstić information content (AvgIpc) is 1.55. The third-order valence-electron chi connectivity index (χ3n) is 20.7. The van der Waals surface area contributed by atoms with Crippen molar-refractivity contribution >= 4 is 76.3 Å². The molecular formula is C82H100FN9O20. The van der Waals surface area contributed by atoms with Gasteiger partial charge in [-0.15, -0.1) is 0 Å². The number of rotatable bonds is 45. The van der Waals surface area contributed by atoms with Gasteiger partial charge in [0.1, 0.15) is 23.7 Å². The molecule has 0 saturated carbocycles. The number of H-pyrrole nitrogens is 1. The maximum absolute atomic E-state index is 15.6. The highest BCUT2D eigenvalue weighted by molar-refractivity contribution is 6.01. The monoisotopic (exact) mass is 1550 g/mol. The number of aliphatic hydroxyl groups excluding tert-OH is 4. The van der Waals surface area contributed by atoms with Gasteiger partial charge in [-0.3, -0.25) is 67.3 Å². The molecule has 600 valence electrons. The van der Waals surface area contributed by atoms with E-state index in [0.29, 0.717) is 41.1 Å². The Morgan fingerprint density at radius 2 is 1.35 bits per heavy atom. The van der Waals surface area contributed by atoms with E-state index in [1.54, 1.807) is 37.6 Å². The van der Waals surface area contributed by atoms with Gasteiger partial charge in [0.15, 0.2) is 28.9 Å². The summed E-state index contributed by atoms with van der Waals surface area (Å²) in [5.41, 5.74) is 8.75. The molecule has 7 rings (SSSR count). The lowest BCUT2D eigenvalue weighted by Gasteiger charge is -2.36. The van der Waals surface area contributed by atoms with Crippen molar-refractivity contribution < 1.29 is 102 Å². The summed E-state index contributed by atoms with van der Waals surface area (Å²) in [4.78, 5) is 192. The molecule has 6 amide bonds. The molecule has 3 heterocycles. The number of nitrogens with one attached hydrogen (secondary N) is 5. The minimum atomic E-state index is -2.26. The second-order valence-corrected chi connectivity index (χ2v) is 29.2. The summed E-state index contributed by atoms with van der Waals surface area (Å²) in [5.74, 6) is -21.4. The quantitative estimate of drug-likeness (QED) is 0.0249. The Labute approximate surface area is 647 Å². The summed E-state index contributed by atoms with van der Waals surface area (Å²) in [6.07, 6.45) is -6.41. The number of hydrogen-bond donors (Lipinski definition) is 12. The van der Waals surface area contributed by atoms with Gasteiger partial charge in [0.2, 0.25) is 29.5 Å². The van der Waals surface area contributed by atoms with Gasteiger partial charge in [0, 0.05) is 93.4 Å². The smallest absolute Gasteiger partial charge is 0.304 e. The van der Waals surface area contributed by atoms with Gasteiger partial charge in [-0.1, -0.05) is 85.8 Å². The number of ether oxygens (including phenoxy) is 1. The van der Waals surface area contributed by atoms with Crippen LogP contribution in [0.15, 0.2) is 122 Å². The van der Waals surface area contributed by atoms with Crippen molar-refractivity contribution in [3.05, 3.63) is 161 Å². The first kappa shape index (κ1) is 88.1. The topological polar surface area (TPSA) is 471 Å². The van der Waals surface area contributed by atoms with E-state index in [2.05, 4.69) is 36.2 Å². The summed E-state index contributed by atoms with van der Waals surface area (Å²) >= 11 is 0. The predicted octanol–water partition coefficient (Wildman–Crippen LogP) is 4.59. The second kappa shape index (κ2) is 40.7. The SMILES string of the molecule is CCc1cc(OC)ccc1-c1ccc(C[C@H](NC(=O)[C@H](CC(=O)O)CC(=O)[C@H](CO)NC(=O)[C@@H](CC(=O)C(C)(Cc2ccccc2F)NC(=O)[C@@H](CC(=O)CNC(=O)[C@H](CCC(=O)O)CC(=O)C2(C)CCCN2C(=O)[C@@H](O)Cc2cnc[nH]2)[C@@H](C)O)[C@@H](C)O)C(=O)C[C@@H](Cc2ccc(-c3ccccc3C)nc2)C(N)=O)cc1. The van der Waals surface area contributed by atoms with Gasteiger partial charge < -0.3 is 72.3 Å². The zero-order valence-electron chi connectivity index (χ0n) is 63.7. The lowest BCUT2D eigenvalue weighted by molar-refractivity contribution is -0.150. The van der Waals surface area contributed by atoms with Crippen LogP contribution < -0.4 is 31.7 Å². The fourth-order valence-electron chi connectivity index (χ4n) is 13.9. The van der Waals surface area contributed by atoms with E-state index in [-0.39, 0.29) is 44.2 Å². The molecule has 0 aliphatic carbocycles. The van der Waals surface area contributed by atoms with Gasteiger partial charge in [0.05, 0.1) is 85.8 Å². The number of halogens is 1. The summed E-state index contributed by atoms with van der Waals surface area (Å²) < 4.78 is 21.0. The number of pyridine rings is 1. The molecule has 6 aromatic rings. The standard InChI is InChI=1S/C82H100FN9O20/c1-8-51-32-59(112-7)24-25-61(51)52-21-18-49(19-22-52)31-66(68(97)33-55(75(84)106)30-50-20-26-65(86-41-50)60-16-11-9-14-46(60)2)89-77(108)56(36-74(104)105)34-69(98)67(44-93)90-78(109)63(48(4)95)39-71(100)81(5,40-54-15-10-12-17-64(54)83)91-79(110)62(47(3)94)38-58(96)43-87-76(107)53(23-27-73(102)103)35-72(101)82(6)28-13-29-92(82)80(111)70(99)37-57-42-85-45-88-57/h9-12,14-22,24-26,32,41-42,45,47-48,53,55-56,62-63,66-67,70,93-95,99H,8,13,23,27-31,33-40,43-44H2,1-7H3,(H2,84,106)(H,85,88)(H,87,107)(H,89,108)(H,90,109)(H,91,110)(H,102,103)(H,104,105)/t47-,48-,53-,55-,56+,62+,63+,66+,67+,70+,81?,82?/m1/s1. The van der Waals surface area contributed by atoms with Crippen molar-refractivity contribution in [3.8, 4) is 28.1 Å². The summed E-state index contributed by atoms with van der Waals surface area (Å²) in [6, 6.07) is 25.5. The first-order valence-corrected chi connectivity index (χ1v) is 37.1. The highest BCUT2D eigenvalue weighted by Gasteiger charge is 2.48. The number of aliphatic hydroxyl groups is 4. The van der Waals surface area contributed by atoms with Crippen LogP contribution in [0.1, 0.15) is 132 Å². The number of nitrogens with zero attached hydrogens (tertiary/aromatic N) is 3. The van der Waals surface area contributed by atoms with Gasteiger partial charge >= 0.3 is 11.9 Å². The van der Waals surface area contributed by atoms with E-state index in [1.807, 2.05) is 68.4 Å². The third-order valence-corrected chi connectivity index (χ3v) is 20.7. The molecule has 1 fully saturated rings. The lowest BCUT2D eigenvalue weighted by atomic mass is 9.81. The number of methoxy groups -OCH3 is 1. The molecule has 2 aromatic heterocycles. The molecule has 2 unspecified atom stereocenters. The van der Waals surface area contributed by atoms with E-state index in [1.165, 1.54) is 42.5 Å². The minimum Gasteiger partial charge on any atom is -0.497 e. The molecule has 1 aliphatic rings. The maximum Gasteiger partial charge on any atom is 0.304 e. The van der Waals surface area contributed by atoms with E-state index in [4.69, 9.17) is 10.5 Å². The van der Waals surface area contributed by atoms with E-state index >= 15 is 4.39 Å². The van der Waals surface area contributed by atoms with Crippen molar-refractivity contribution in [3.63, 3.8) is 0 Å². The molecule has 0 radical (unpaired) electrons. The van der Waals surface area contributed by atoms with Gasteiger partial charge in [-0.25, -0.2) is 9.37 Å². The van der Waals surface area contributed by atoms with Crippen molar-refractivity contribution in [2.24, 2.45) is 35.3 Å². The Balaban J connectivity index is 1.05. The minimum absolute atomic E-state index is 0.0365. The van der Waals surface area contributed by atoms with Crippen LogP contribution in [0.2, 0.25) is 0 Å². The van der Waals surface area contributed by atoms with Crippen LogP contribution in [0.5, 0.6) is 5.75 Å². The van der Waals surface area contributed by atoms with E-state index < -0.39 is 218 Å². The van der Waals surface area contributed by atoms with Gasteiger partial charge in [-0.2, -0.15) is 0 Å². The molecule has 4 aromatic carbocycles. The van der Waals surface area contributed by atoms with Crippen LogP contribution in [-0.2, 0) is 94.4 Å². The number of carbonyl (C=O) groups is 13. The van der Waals surface area contributed by atoms with Crippen LogP contribution in [0.3, 0.4) is 0 Å². The number of amides is 6. The number of nitrogens with two attached hydrogens (primary N) is 1. The number of carboxylic acids is 2. The molecule has 12 atom stereocenters. The Kier molecular flexibility index (Phi) is 32.1. The van der Waals surface area contributed by atoms with Gasteiger partial charge in [-0.05, 0) is 136 Å². The number of hydrogen-bond acceptors (Lipinski definition) is 20. The van der Waals surface area contributed by atoms with Crippen LogP contribution in [0.25, 0.3) is 22.4 Å². The Morgan fingerprint density at radius 1 is 0.696 bits per heavy atom. The number of ketones is 5. The first-order chi connectivity index (χ1) is 53.1. The number of carbonyl (C=O) groups excluding carboxylic acids is 11. The largest absolute Gasteiger partial charge is 0.497 e. The predicted molar refractivity (Wildman–Crippen MR) is 405 cm³/mol. The van der Waals surface area contributed by atoms with E-state index in [0.717, 1.165) is 54.7 Å². The number of imidazole rings is 1. The van der Waals surface area contributed by atoms with Crippen molar-refractivity contribution in [2.45, 2.75) is 179 Å². The number of likely N-dealkylation sites (tertiary alicyclic amines) is 1. The van der Waals surface area contributed by atoms with E-state index in [9.17, 15) is 93.0 Å². The highest BCUT2D eigenvalue weighted by Crippen LogP contribution is 2.35. The van der Waals surface area contributed by atoms with Crippen molar-refractivity contribution in [1.82, 2.24) is 41.1 Å². The summed E-state index contributed by atoms with van der Waals surface area (Å²) in [7, 11) is 1.56. The Hall–Kier alpha value is -11.1. The van der Waals surface area contributed by atoms with Crippen LogP contribution in [-0.4, -0.2) is 195 Å². The zero-order valence-corrected chi connectivity index (χ0v) is 63.7. The first-order valence-electron chi connectivity index (χ1n) is 37.1. The maximum atomic E-state index is 15.6. The number of carboxylic acid groups (broad SMARTS) is 2. The number of aliphatic carboxylic acids is 2. The molecule has 0 spiro atoms. The number of primary amides is 1. The zero-order chi connectivity index (χ0) is 82.3. The second-order valence-electron chi connectivity index (χ2n) is 29.2. The van der Waals surface area contributed by atoms with Crippen LogP contribution in [0, 0.1) is 42.3 Å². The highest BCUT2D eigenvalue weighted by atomic mass is 19.1. The number of aromatic nitrogens is 3. The Morgan fingerprint density at radius 3 is 1.96 bits per heavy atom. The number of aryl methyl sites for hydroxylation is 2. The lowest BCUT2D eigenvalue weighted by Crippen LogP contribution is -2.58. The number of aromatic amines is 1. The molecular weight excluding hydrogens is 1450 g/mol. The Bertz CT molecular complexity index is 4360. The third kappa shape index (κ3) is 24.2. The van der Waals surface area contributed by atoms with Crippen LogP contribution >= 0.6 is 0 Å². The van der Waals surface area contributed by atoms with Gasteiger partial charge in [0.25, 0.3) is 5.91 Å².